The standard InChI is InChI=1S/C19H16F4N2O2/c20-14-9-15(21)17(23)18(16(14)22)24-19(27)12-5-7-25(8-6-12)13-3-1-11(10-26)2-4-13/h1-4,9-10,12H,5-8H2,(H,24,27). The van der Waals surface area contributed by atoms with Crippen molar-refractivity contribution in [2.45, 2.75) is 12.8 Å². The van der Waals surface area contributed by atoms with Crippen molar-refractivity contribution in [2.24, 2.45) is 5.92 Å². The molecule has 27 heavy (non-hydrogen) atoms. The van der Waals surface area contributed by atoms with Crippen LogP contribution in [0.3, 0.4) is 0 Å². The quantitative estimate of drug-likeness (QED) is 0.497. The van der Waals surface area contributed by atoms with Crippen molar-refractivity contribution in [3.8, 4) is 0 Å². The van der Waals surface area contributed by atoms with Crippen LogP contribution in [0.25, 0.3) is 0 Å². The van der Waals surface area contributed by atoms with E-state index in [1.165, 1.54) is 0 Å². The molecule has 1 fully saturated rings. The van der Waals surface area contributed by atoms with E-state index in [2.05, 4.69) is 0 Å². The molecule has 1 aliphatic heterocycles. The second-order valence-electron chi connectivity index (χ2n) is 6.30. The number of rotatable bonds is 4. The van der Waals surface area contributed by atoms with E-state index in [1.54, 1.807) is 24.3 Å². The van der Waals surface area contributed by atoms with Crippen molar-refractivity contribution in [1.29, 1.82) is 0 Å². The van der Waals surface area contributed by atoms with Crippen LogP contribution in [-0.2, 0) is 4.79 Å². The summed E-state index contributed by atoms with van der Waals surface area (Å²) >= 11 is 0. The minimum atomic E-state index is -1.63. The van der Waals surface area contributed by atoms with E-state index in [1.807, 2.05) is 10.2 Å². The van der Waals surface area contributed by atoms with Crippen LogP contribution in [0.15, 0.2) is 30.3 Å². The number of piperidine rings is 1. The summed E-state index contributed by atoms with van der Waals surface area (Å²) in [5.41, 5.74) is 0.340. The van der Waals surface area contributed by atoms with Crippen molar-refractivity contribution < 1.29 is 27.2 Å². The zero-order valence-corrected chi connectivity index (χ0v) is 14.1. The monoisotopic (exact) mass is 380 g/mol. The number of hydrogen-bond acceptors (Lipinski definition) is 3. The smallest absolute Gasteiger partial charge is 0.227 e. The number of hydrogen-bond donors (Lipinski definition) is 1. The topological polar surface area (TPSA) is 49.4 Å². The van der Waals surface area contributed by atoms with Crippen molar-refractivity contribution in [1.82, 2.24) is 0 Å². The Kier molecular flexibility index (Phi) is 5.43. The summed E-state index contributed by atoms with van der Waals surface area (Å²) in [6, 6.07) is 7.06. The van der Waals surface area contributed by atoms with Crippen LogP contribution < -0.4 is 10.2 Å². The highest BCUT2D eigenvalue weighted by Crippen LogP contribution is 2.28. The number of benzene rings is 2. The minimum absolute atomic E-state index is 0.0920. The molecule has 4 nitrogen and oxygen atoms in total. The molecule has 1 amide bonds. The summed E-state index contributed by atoms with van der Waals surface area (Å²) in [4.78, 5) is 25.0. The van der Waals surface area contributed by atoms with Crippen LogP contribution in [0.1, 0.15) is 23.2 Å². The highest BCUT2D eigenvalue weighted by molar-refractivity contribution is 5.93. The number of nitrogens with zero attached hydrogens (tertiary/aromatic N) is 1. The number of aldehydes is 1. The van der Waals surface area contributed by atoms with Gasteiger partial charge in [-0.1, -0.05) is 0 Å². The molecule has 0 unspecified atom stereocenters. The van der Waals surface area contributed by atoms with Crippen molar-refractivity contribution in [2.75, 3.05) is 23.3 Å². The molecule has 1 saturated heterocycles. The number of halogens is 4. The molecule has 0 saturated carbocycles. The molecule has 0 atom stereocenters. The Morgan fingerprint density at radius 2 is 1.56 bits per heavy atom. The Morgan fingerprint density at radius 1 is 1.00 bits per heavy atom. The molecular formula is C19H16F4N2O2. The van der Waals surface area contributed by atoms with Crippen molar-refractivity contribution in [3.05, 3.63) is 59.2 Å². The maximum absolute atomic E-state index is 13.7. The van der Waals surface area contributed by atoms with Gasteiger partial charge in [-0.15, -0.1) is 0 Å². The van der Waals surface area contributed by atoms with Crippen LogP contribution in [-0.4, -0.2) is 25.3 Å². The predicted molar refractivity (Wildman–Crippen MR) is 91.7 cm³/mol. The van der Waals surface area contributed by atoms with E-state index >= 15 is 0 Å². The summed E-state index contributed by atoms with van der Waals surface area (Å²) in [5.74, 6) is -7.63. The van der Waals surface area contributed by atoms with Crippen molar-refractivity contribution in [3.63, 3.8) is 0 Å². The van der Waals surface area contributed by atoms with Crippen LogP contribution in [0, 0.1) is 29.2 Å². The molecule has 2 aromatic rings. The summed E-state index contributed by atoms with van der Waals surface area (Å²) in [5, 5.41) is 1.97. The lowest BCUT2D eigenvalue weighted by atomic mass is 9.95. The molecule has 1 aliphatic rings. The molecule has 8 heteroatoms. The second kappa shape index (κ2) is 7.77. The number of amides is 1. The zero-order chi connectivity index (χ0) is 19.6. The van der Waals surface area contributed by atoms with E-state index in [4.69, 9.17) is 0 Å². The fourth-order valence-corrected chi connectivity index (χ4v) is 3.07. The van der Waals surface area contributed by atoms with Crippen LogP contribution >= 0.6 is 0 Å². The number of nitrogens with one attached hydrogen (secondary N) is 1. The maximum atomic E-state index is 13.7. The average molecular weight is 380 g/mol. The SMILES string of the molecule is O=Cc1ccc(N2CCC(C(=O)Nc3c(F)c(F)cc(F)c3F)CC2)cc1. The van der Waals surface area contributed by atoms with E-state index < -0.39 is 40.8 Å². The fraction of sp³-hybridized carbons (Fsp3) is 0.263. The third-order valence-electron chi connectivity index (χ3n) is 4.62. The first kappa shape index (κ1) is 18.9. The van der Waals surface area contributed by atoms with Gasteiger partial charge in [0.25, 0.3) is 0 Å². The van der Waals surface area contributed by atoms with E-state index in [9.17, 15) is 27.2 Å². The molecule has 3 rings (SSSR count). The summed E-state index contributed by atoms with van der Waals surface area (Å²) in [6.07, 6.45) is 1.55. The van der Waals surface area contributed by atoms with Gasteiger partial charge < -0.3 is 10.2 Å². The Bertz CT molecular complexity index is 837. The van der Waals surface area contributed by atoms with Crippen LogP contribution in [0.4, 0.5) is 28.9 Å². The Hall–Kier alpha value is -2.90. The molecule has 142 valence electrons. The summed E-state index contributed by atoms with van der Waals surface area (Å²) in [7, 11) is 0. The molecule has 0 spiro atoms. The molecule has 0 bridgehead atoms. The predicted octanol–water partition coefficient (Wildman–Crippen LogP) is 3.91. The van der Waals surface area contributed by atoms with E-state index in [0.717, 1.165) is 12.0 Å². The first-order chi connectivity index (χ1) is 12.9. The zero-order valence-electron chi connectivity index (χ0n) is 14.1. The van der Waals surface area contributed by atoms with E-state index in [0.29, 0.717) is 31.5 Å². The first-order valence-electron chi connectivity index (χ1n) is 8.34. The highest BCUT2D eigenvalue weighted by Gasteiger charge is 2.28. The lowest BCUT2D eigenvalue weighted by Crippen LogP contribution is -2.38. The molecule has 0 aromatic heterocycles. The number of carbonyl (C=O) groups is 2. The average Bonchev–Trinajstić information content (AvgIpc) is 2.70. The largest absolute Gasteiger partial charge is 0.371 e. The molecule has 1 N–H and O–H groups in total. The second-order valence-corrected chi connectivity index (χ2v) is 6.30. The molecular weight excluding hydrogens is 364 g/mol. The van der Waals surface area contributed by atoms with Gasteiger partial charge in [0.1, 0.15) is 12.0 Å². The van der Waals surface area contributed by atoms with Gasteiger partial charge in [0, 0.05) is 36.3 Å². The van der Waals surface area contributed by atoms with Gasteiger partial charge in [-0.25, -0.2) is 17.6 Å². The Labute approximate surface area is 152 Å². The van der Waals surface area contributed by atoms with E-state index in [-0.39, 0.29) is 6.07 Å². The number of anilines is 2. The van der Waals surface area contributed by atoms with Gasteiger partial charge in [0.15, 0.2) is 23.3 Å². The van der Waals surface area contributed by atoms with Gasteiger partial charge in [0.05, 0.1) is 0 Å². The van der Waals surface area contributed by atoms with Gasteiger partial charge in [0.2, 0.25) is 5.91 Å². The summed E-state index contributed by atoms with van der Waals surface area (Å²) in [6.45, 7) is 1.03. The third-order valence-corrected chi connectivity index (χ3v) is 4.62. The lowest BCUT2D eigenvalue weighted by Gasteiger charge is -2.33. The molecule has 0 aliphatic carbocycles. The van der Waals surface area contributed by atoms with Gasteiger partial charge >= 0.3 is 0 Å². The van der Waals surface area contributed by atoms with Gasteiger partial charge in [-0.05, 0) is 37.1 Å². The van der Waals surface area contributed by atoms with Gasteiger partial charge in [-0.2, -0.15) is 0 Å². The first-order valence-corrected chi connectivity index (χ1v) is 8.34. The molecule has 2 aromatic carbocycles. The minimum Gasteiger partial charge on any atom is -0.371 e. The van der Waals surface area contributed by atoms with Crippen LogP contribution in [0.5, 0.6) is 0 Å². The molecule has 0 radical (unpaired) electrons. The summed E-state index contributed by atoms with van der Waals surface area (Å²) < 4.78 is 53.9. The molecule has 1 heterocycles. The Balaban J connectivity index is 1.64. The Morgan fingerprint density at radius 3 is 2.07 bits per heavy atom. The maximum Gasteiger partial charge on any atom is 0.227 e. The number of carbonyl (C=O) groups excluding carboxylic acids is 2. The highest BCUT2D eigenvalue weighted by atomic mass is 19.2. The van der Waals surface area contributed by atoms with Gasteiger partial charge in [-0.3, -0.25) is 9.59 Å². The van der Waals surface area contributed by atoms with Crippen LogP contribution in [0.2, 0.25) is 0 Å². The van der Waals surface area contributed by atoms with Crippen molar-refractivity contribution >= 4 is 23.6 Å². The third kappa shape index (κ3) is 3.94. The lowest BCUT2D eigenvalue weighted by molar-refractivity contribution is -0.120. The normalized spacial score (nSPS) is 14.9. The fourth-order valence-electron chi connectivity index (χ4n) is 3.07.